The van der Waals surface area contributed by atoms with E-state index in [0.29, 0.717) is 5.57 Å². The summed E-state index contributed by atoms with van der Waals surface area (Å²) in [5.41, 5.74) is 0.305. The lowest BCUT2D eigenvalue weighted by Crippen LogP contribution is -2.44. The van der Waals surface area contributed by atoms with Crippen LogP contribution in [0.2, 0.25) is 39.3 Å². The van der Waals surface area contributed by atoms with Crippen LogP contribution in [0.5, 0.6) is 0 Å². The molecule has 0 saturated carbocycles. The highest BCUT2D eigenvalue weighted by Crippen LogP contribution is 2.13. The van der Waals surface area contributed by atoms with Crippen LogP contribution < -0.4 is 0 Å². The van der Waals surface area contributed by atoms with Gasteiger partial charge in [0.1, 0.15) is 18.6 Å². The van der Waals surface area contributed by atoms with Gasteiger partial charge in [0.05, 0.1) is 6.61 Å². The minimum Gasteiger partial charge on any atom is -0.460 e. The van der Waals surface area contributed by atoms with E-state index in [4.69, 9.17) is 18.0 Å². The van der Waals surface area contributed by atoms with Crippen LogP contribution in [0.3, 0.4) is 0 Å². The molecule has 0 aliphatic rings. The Hall–Kier alpha value is -0.299. The zero-order chi connectivity index (χ0) is 18.3. The van der Waals surface area contributed by atoms with E-state index in [-0.39, 0.29) is 19.1 Å². The molecule has 1 unspecified atom stereocenters. The highest BCUT2D eigenvalue weighted by atomic mass is 28.4. The Morgan fingerprint density at radius 1 is 1.09 bits per heavy atom. The second kappa shape index (κ2) is 9.87. The largest absolute Gasteiger partial charge is 0.460 e. The van der Waals surface area contributed by atoms with Crippen LogP contribution >= 0.6 is 0 Å². The summed E-state index contributed by atoms with van der Waals surface area (Å²) in [5, 5.41) is 9.78. The molecular weight excluding hydrogens is 348 g/mol. The van der Waals surface area contributed by atoms with E-state index < -0.39 is 38.5 Å². The lowest BCUT2D eigenvalue weighted by atomic mass is 10.3. The van der Waals surface area contributed by atoms with E-state index in [1.54, 1.807) is 6.92 Å². The van der Waals surface area contributed by atoms with E-state index in [0.717, 1.165) is 0 Å². The van der Waals surface area contributed by atoms with Crippen LogP contribution in [0.15, 0.2) is 12.2 Å². The van der Waals surface area contributed by atoms with Crippen LogP contribution in [0.4, 0.5) is 0 Å². The van der Waals surface area contributed by atoms with Gasteiger partial charge in [0.25, 0.3) is 0 Å². The second-order valence-electron chi connectivity index (χ2n) is 7.46. The average Bonchev–Trinajstić information content (AvgIpc) is 2.31. The summed E-state index contributed by atoms with van der Waals surface area (Å²) in [5.74, 6) is -0.804. The van der Waals surface area contributed by atoms with Crippen LogP contribution in [-0.2, 0) is 22.8 Å². The van der Waals surface area contributed by atoms with Gasteiger partial charge in [-0.1, -0.05) is 6.58 Å². The van der Waals surface area contributed by atoms with Crippen molar-refractivity contribution in [1.82, 2.24) is 0 Å². The minimum atomic E-state index is -1.73. The van der Waals surface area contributed by atoms with Crippen molar-refractivity contribution >= 4 is 32.4 Å². The van der Waals surface area contributed by atoms with Gasteiger partial charge < -0.3 is 23.1 Å². The van der Waals surface area contributed by atoms with Gasteiger partial charge in [-0.15, -0.1) is 0 Å². The van der Waals surface area contributed by atoms with Crippen LogP contribution in [0, 0.1) is 0 Å². The molecule has 0 saturated heterocycles. The van der Waals surface area contributed by atoms with Crippen molar-refractivity contribution in [3.8, 4) is 0 Å². The molecule has 9 heteroatoms. The zero-order valence-corrected chi connectivity index (χ0v) is 18.9. The molecule has 0 amide bonds. The van der Waals surface area contributed by atoms with Crippen molar-refractivity contribution in [3.05, 3.63) is 12.2 Å². The fourth-order valence-electron chi connectivity index (χ4n) is 1.52. The predicted octanol–water partition coefficient (Wildman–Crippen LogP) is 1.55. The van der Waals surface area contributed by atoms with Gasteiger partial charge in [0.2, 0.25) is 9.76 Å². The van der Waals surface area contributed by atoms with Crippen molar-refractivity contribution < 1.29 is 27.9 Å². The van der Waals surface area contributed by atoms with Crippen molar-refractivity contribution in [2.75, 3.05) is 13.2 Å². The van der Waals surface area contributed by atoms with E-state index in [1.165, 1.54) is 0 Å². The predicted molar refractivity (Wildman–Crippen MR) is 98.9 cm³/mol. The first kappa shape index (κ1) is 22.7. The number of ether oxygens (including phenoxy) is 1. The van der Waals surface area contributed by atoms with Gasteiger partial charge >= 0.3 is 5.97 Å². The topological polar surface area (TPSA) is 74.2 Å². The Morgan fingerprint density at radius 2 is 1.57 bits per heavy atom. The maximum atomic E-state index is 11.2. The van der Waals surface area contributed by atoms with Gasteiger partial charge in [-0.2, -0.15) is 0 Å². The fourth-order valence-corrected chi connectivity index (χ4v) is 7.44. The van der Waals surface area contributed by atoms with Gasteiger partial charge in [0, 0.05) is 5.57 Å². The summed E-state index contributed by atoms with van der Waals surface area (Å²) >= 11 is 0. The van der Waals surface area contributed by atoms with E-state index in [9.17, 15) is 9.90 Å². The second-order valence-corrected chi connectivity index (χ2v) is 17.8. The van der Waals surface area contributed by atoms with Crippen LogP contribution in [0.1, 0.15) is 6.92 Å². The standard InChI is InChI=1S/C14H32O6Si3/c1-11(2)13(16)17-9-12(15)10-18-21-14(19-22(3,4)5)20-23(6,7)8/h12,14-15H,1,9-10,21H2,2-8H3. The number of aliphatic hydroxyl groups excluding tert-OH is 1. The third kappa shape index (κ3) is 13.8. The van der Waals surface area contributed by atoms with Crippen molar-refractivity contribution in [3.63, 3.8) is 0 Å². The number of carbonyl (C=O) groups is 1. The lowest BCUT2D eigenvalue weighted by molar-refractivity contribution is -0.142. The summed E-state index contributed by atoms with van der Waals surface area (Å²) in [6.45, 7) is 17.7. The Kier molecular flexibility index (Phi) is 9.74. The van der Waals surface area contributed by atoms with Crippen LogP contribution in [-0.4, -0.2) is 62.7 Å². The van der Waals surface area contributed by atoms with Gasteiger partial charge in [-0.3, -0.25) is 0 Å². The van der Waals surface area contributed by atoms with Gasteiger partial charge in [0.15, 0.2) is 16.6 Å². The van der Waals surface area contributed by atoms with Gasteiger partial charge in [-0.05, 0) is 46.2 Å². The smallest absolute Gasteiger partial charge is 0.333 e. The Balaban J connectivity index is 4.24. The molecule has 0 spiro atoms. The van der Waals surface area contributed by atoms with Crippen molar-refractivity contribution in [1.29, 1.82) is 0 Å². The molecule has 0 fully saturated rings. The lowest BCUT2D eigenvalue weighted by Gasteiger charge is -2.31. The number of carbonyl (C=O) groups excluding carboxylic acids is 1. The quantitative estimate of drug-likeness (QED) is 0.254. The molecule has 23 heavy (non-hydrogen) atoms. The summed E-state index contributed by atoms with van der Waals surface area (Å²) in [6, 6.07) is 0. The molecule has 1 N–H and O–H groups in total. The zero-order valence-electron chi connectivity index (χ0n) is 15.5. The van der Waals surface area contributed by atoms with Crippen molar-refractivity contribution in [2.24, 2.45) is 0 Å². The molecule has 0 radical (unpaired) electrons. The highest BCUT2D eigenvalue weighted by molar-refractivity contribution is 6.71. The molecule has 6 nitrogen and oxygen atoms in total. The Bertz CT molecular complexity index is 373. The summed E-state index contributed by atoms with van der Waals surface area (Å²) < 4.78 is 22.6. The molecule has 0 aromatic carbocycles. The summed E-state index contributed by atoms with van der Waals surface area (Å²) in [4.78, 5) is 11.2. The molecule has 1 atom stereocenters. The first-order valence-corrected chi connectivity index (χ1v) is 16.0. The molecule has 0 bridgehead atoms. The number of hydrogen-bond acceptors (Lipinski definition) is 6. The molecule has 0 aromatic rings. The minimum absolute atomic E-state index is 0.103. The number of esters is 1. The first-order chi connectivity index (χ1) is 10.3. The summed E-state index contributed by atoms with van der Waals surface area (Å²) in [6.07, 6.45) is -0.856. The Labute approximate surface area is 144 Å². The number of rotatable bonds is 11. The van der Waals surface area contributed by atoms with E-state index in [1.807, 2.05) is 0 Å². The normalized spacial score (nSPS) is 14.5. The molecule has 0 rings (SSSR count). The Morgan fingerprint density at radius 3 is 1.96 bits per heavy atom. The number of aliphatic hydroxyl groups is 1. The third-order valence-electron chi connectivity index (χ3n) is 2.29. The van der Waals surface area contributed by atoms with Gasteiger partial charge in [-0.25, -0.2) is 4.79 Å². The molecule has 0 aromatic heterocycles. The molecular formula is C14H32O6Si3. The monoisotopic (exact) mass is 380 g/mol. The third-order valence-corrected chi connectivity index (χ3v) is 5.97. The molecule has 0 aliphatic carbocycles. The molecule has 0 aliphatic heterocycles. The fraction of sp³-hybridized carbons (Fsp3) is 0.786. The van der Waals surface area contributed by atoms with Crippen LogP contribution in [0.25, 0.3) is 0 Å². The van der Waals surface area contributed by atoms with Crippen molar-refractivity contribution in [2.45, 2.75) is 58.2 Å². The molecule has 136 valence electrons. The average molecular weight is 381 g/mol. The van der Waals surface area contributed by atoms with E-state index in [2.05, 4.69) is 45.9 Å². The SMILES string of the molecule is C=C(C)C(=O)OCC(O)CO[SiH2]C(O[Si](C)(C)C)O[Si](C)(C)C. The molecule has 0 heterocycles. The highest BCUT2D eigenvalue weighted by Gasteiger charge is 2.27. The number of hydrogen-bond donors (Lipinski definition) is 1. The first-order valence-electron chi connectivity index (χ1n) is 7.74. The van der Waals surface area contributed by atoms with E-state index >= 15 is 0 Å². The summed E-state index contributed by atoms with van der Waals surface area (Å²) in [7, 11) is -4.58. The maximum Gasteiger partial charge on any atom is 0.333 e. The maximum absolute atomic E-state index is 11.2.